The summed E-state index contributed by atoms with van der Waals surface area (Å²) in [5.74, 6) is 0.804. The summed E-state index contributed by atoms with van der Waals surface area (Å²) in [6.45, 7) is 1.73. The Hall–Kier alpha value is -1.46. The Labute approximate surface area is 103 Å². The molecular formula is C12H14N2O2S. The first-order chi connectivity index (χ1) is 8.11. The molecular weight excluding hydrogens is 236 g/mol. The van der Waals surface area contributed by atoms with Gasteiger partial charge in [-0.2, -0.15) is 0 Å². The molecule has 2 atom stereocenters. The molecule has 0 saturated carbocycles. The maximum Gasteiger partial charge on any atom is 0.160 e. The average Bonchev–Trinajstić information content (AvgIpc) is 2.74. The third kappa shape index (κ3) is 2.30. The molecule has 1 heterocycles. The van der Waals surface area contributed by atoms with Crippen molar-refractivity contribution in [2.24, 2.45) is 7.05 Å². The Bertz CT molecular complexity index is 551. The van der Waals surface area contributed by atoms with Gasteiger partial charge in [0.2, 0.25) is 0 Å². The van der Waals surface area contributed by atoms with E-state index in [9.17, 15) is 8.76 Å². The van der Waals surface area contributed by atoms with Crippen LogP contribution in [0.5, 0.6) is 0 Å². The normalized spacial score (nSPS) is 14.5. The number of rotatable bonds is 3. The van der Waals surface area contributed by atoms with Crippen LogP contribution in [0.1, 0.15) is 17.7 Å². The Kier molecular flexibility index (Phi) is 3.40. The second-order valence-corrected chi connectivity index (χ2v) is 5.13. The zero-order chi connectivity index (χ0) is 12.4. The van der Waals surface area contributed by atoms with E-state index >= 15 is 0 Å². The fraction of sp³-hybridized carbons (Fsp3) is 0.250. The van der Waals surface area contributed by atoms with Gasteiger partial charge in [0.1, 0.15) is 5.82 Å². The minimum atomic E-state index is -1.88. The van der Waals surface area contributed by atoms with Crippen LogP contribution in [0, 0.1) is 0 Å². The van der Waals surface area contributed by atoms with Crippen LogP contribution in [0.25, 0.3) is 11.4 Å². The molecule has 0 amide bonds. The lowest BCUT2D eigenvalue weighted by Gasteiger charge is -2.13. The Morgan fingerprint density at radius 2 is 2.12 bits per heavy atom. The molecule has 17 heavy (non-hydrogen) atoms. The number of hydrogen-bond acceptors (Lipinski definition) is 2. The van der Waals surface area contributed by atoms with Crippen molar-refractivity contribution < 1.29 is 8.76 Å². The van der Waals surface area contributed by atoms with Crippen molar-refractivity contribution in [2.75, 3.05) is 0 Å². The molecule has 0 radical (unpaired) electrons. The SMILES string of the molecule is CC(c1ccccc1-c1nccn1C)S(=O)O. The van der Waals surface area contributed by atoms with Crippen LogP contribution in [0.4, 0.5) is 0 Å². The highest BCUT2D eigenvalue weighted by atomic mass is 32.2. The molecule has 5 heteroatoms. The van der Waals surface area contributed by atoms with Crippen molar-refractivity contribution in [3.05, 3.63) is 42.2 Å². The maximum atomic E-state index is 11.2. The first kappa shape index (κ1) is 12.0. The van der Waals surface area contributed by atoms with E-state index in [1.54, 1.807) is 13.1 Å². The molecule has 0 aliphatic rings. The van der Waals surface area contributed by atoms with Gasteiger partial charge in [-0.05, 0) is 12.5 Å². The number of benzene rings is 1. The summed E-state index contributed by atoms with van der Waals surface area (Å²) in [4.78, 5) is 4.27. The fourth-order valence-electron chi connectivity index (χ4n) is 1.79. The molecule has 2 rings (SSSR count). The average molecular weight is 250 g/mol. The van der Waals surface area contributed by atoms with Crippen LogP contribution in [-0.2, 0) is 18.1 Å². The van der Waals surface area contributed by atoms with Crippen LogP contribution in [0.2, 0.25) is 0 Å². The van der Waals surface area contributed by atoms with Crippen LogP contribution >= 0.6 is 0 Å². The summed E-state index contributed by atoms with van der Waals surface area (Å²) in [5.41, 5.74) is 1.73. The third-order valence-corrected chi connectivity index (χ3v) is 3.62. The van der Waals surface area contributed by atoms with E-state index in [1.807, 2.05) is 42.1 Å². The quantitative estimate of drug-likeness (QED) is 0.851. The second kappa shape index (κ2) is 4.81. The van der Waals surface area contributed by atoms with Crippen molar-refractivity contribution in [2.45, 2.75) is 12.2 Å². The van der Waals surface area contributed by atoms with Crippen molar-refractivity contribution in [3.63, 3.8) is 0 Å². The number of aryl methyl sites for hydroxylation is 1. The summed E-state index contributed by atoms with van der Waals surface area (Å²) in [7, 11) is 1.90. The molecule has 0 saturated heterocycles. The van der Waals surface area contributed by atoms with Gasteiger partial charge in [-0.3, -0.25) is 0 Å². The zero-order valence-corrected chi connectivity index (χ0v) is 10.5. The highest BCUT2D eigenvalue weighted by Gasteiger charge is 2.17. The molecule has 0 aliphatic heterocycles. The van der Waals surface area contributed by atoms with Crippen LogP contribution in [-0.4, -0.2) is 18.3 Å². The van der Waals surface area contributed by atoms with Crippen LogP contribution in [0.3, 0.4) is 0 Å². The van der Waals surface area contributed by atoms with Crippen molar-refractivity contribution in [3.8, 4) is 11.4 Å². The van der Waals surface area contributed by atoms with E-state index in [0.29, 0.717) is 0 Å². The molecule has 2 aromatic rings. The van der Waals surface area contributed by atoms with Crippen LogP contribution in [0.15, 0.2) is 36.7 Å². The molecule has 0 bridgehead atoms. The molecule has 1 N–H and O–H groups in total. The van der Waals surface area contributed by atoms with Crippen molar-refractivity contribution >= 4 is 11.1 Å². The summed E-state index contributed by atoms with van der Waals surface area (Å²) in [6.07, 6.45) is 3.57. The van der Waals surface area contributed by atoms with Gasteiger partial charge in [0.15, 0.2) is 11.1 Å². The summed E-state index contributed by atoms with van der Waals surface area (Å²) in [6, 6.07) is 7.55. The van der Waals surface area contributed by atoms with E-state index in [2.05, 4.69) is 4.98 Å². The largest absolute Gasteiger partial charge is 0.334 e. The highest BCUT2D eigenvalue weighted by Crippen LogP contribution is 2.29. The molecule has 4 nitrogen and oxygen atoms in total. The minimum Gasteiger partial charge on any atom is -0.334 e. The zero-order valence-electron chi connectivity index (χ0n) is 9.70. The van der Waals surface area contributed by atoms with E-state index in [0.717, 1.165) is 17.0 Å². The van der Waals surface area contributed by atoms with Gasteiger partial charge in [0.25, 0.3) is 0 Å². The number of imidazole rings is 1. The monoisotopic (exact) mass is 250 g/mol. The van der Waals surface area contributed by atoms with Gasteiger partial charge in [-0.25, -0.2) is 9.19 Å². The fourth-order valence-corrected chi connectivity index (χ4v) is 2.21. The summed E-state index contributed by atoms with van der Waals surface area (Å²) < 4.78 is 22.3. The topological polar surface area (TPSA) is 55.1 Å². The smallest absolute Gasteiger partial charge is 0.160 e. The van der Waals surface area contributed by atoms with E-state index < -0.39 is 16.3 Å². The molecule has 1 aromatic heterocycles. The van der Waals surface area contributed by atoms with Gasteiger partial charge in [0.05, 0.1) is 5.25 Å². The first-order valence-corrected chi connectivity index (χ1v) is 6.44. The van der Waals surface area contributed by atoms with Gasteiger partial charge >= 0.3 is 0 Å². The van der Waals surface area contributed by atoms with E-state index in [-0.39, 0.29) is 0 Å². The molecule has 0 spiro atoms. The number of aromatic nitrogens is 2. The standard InChI is InChI=1S/C12H14N2O2S/c1-9(17(15)16)10-5-3-4-6-11(10)12-13-7-8-14(12)2/h3-9H,1-2H3,(H,15,16). The minimum absolute atomic E-state index is 0.428. The predicted molar refractivity (Wildman–Crippen MR) is 67.8 cm³/mol. The molecule has 0 fully saturated rings. The lowest BCUT2D eigenvalue weighted by Crippen LogP contribution is -2.04. The molecule has 90 valence electrons. The van der Waals surface area contributed by atoms with Gasteiger partial charge in [0, 0.05) is 25.0 Å². The van der Waals surface area contributed by atoms with Gasteiger partial charge in [-0.15, -0.1) is 0 Å². The first-order valence-electron chi connectivity index (χ1n) is 5.27. The lowest BCUT2D eigenvalue weighted by atomic mass is 10.0. The Balaban J connectivity index is 2.56. The third-order valence-electron chi connectivity index (χ3n) is 2.76. The van der Waals surface area contributed by atoms with Gasteiger partial charge < -0.3 is 9.12 Å². The summed E-state index contributed by atoms with van der Waals surface area (Å²) >= 11 is -1.88. The van der Waals surface area contributed by atoms with Crippen molar-refractivity contribution in [1.29, 1.82) is 0 Å². The number of hydrogen-bond donors (Lipinski definition) is 1. The van der Waals surface area contributed by atoms with Gasteiger partial charge in [-0.1, -0.05) is 24.3 Å². The molecule has 1 aromatic carbocycles. The molecule has 0 aliphatic carbocycles. The summed E-state index contributed by atoms with van der Waals surface area (Å²) in [5, 5.41) is -0.428. The maximum absolute atomic E-state index is 11.2. The second-order valence-electron chi connectivity index (χ2n) is 3.87. The molecule has 2 unspecified atom stereocenters. The van der Waals surface area contributed by atoms with Crippen molar-refractivity contribution in [1.82, 2.24) is 9.55 Å². The predicted octanol–water partition coefficient (Wildman–Crippen LogP) is 2.37. The lowest BCUT2D eigenvalue weighted by molar-refractivity contribution is 0.554. The number of nitrogens with zero attached hydrogens (tertiary/aromatic N) is 2. The Morgan fingerprint density at radius 1 is 1.41 bits per heavy atom. The van der Waals surface area contributed by atoms with Crippen LogP contribution < -0.4 is 0 Å². The highest BCUT2D eigenvalue weighted by molar-refractivity contribution is 7.79. The van der Waals surface area contributed by atoms with E-state index in [1.165, 1.54) is 0 Å². The van der Waals surface area contributed by atoms with E-state index in [4.69, 9.17) is 0 Å². The Morgan fingerprint density at radius 3 is 2.71 bits per heavy atom.